The summed E-state index contributed by atoms with van der Waals surface area (Å²) in [5.74, 6) is 0. The summed E-state index contributed by atoms with van der Waals surface area (Å²) >= 11 is 0. The molecule has 0 fully saturated rings. The number of nitrogens with one attached hydrogen (secondary N) is 1. The van der Waals surface area contributed by atoms with Gasteiger partial charge in [0.1, 0.15) is 0 Å². The molecule has 1 atom stereocenters. The van der Waals surface area contributed by atoms with Crippen LogP contribution in [-0.4, -0.2) is 9.78 Å². The molecule has 0 aliphatic carbocycles. The molecule has 1 aromatic heterocycles. The van der Waals surface area contributed by atoms with Crippen molar-refractivity contribution in [1.82, 2.24) is 15.1 Å². The number of rotatable bonds is 5. The molecular weight excluding hydrogens is 234 g/mol. The molecule has 0 unspecified atom stereocenters. The van der Waals surface area contributed by atoms with E-state index in [0.717, 1.165) is 13.0 Å². The fourth-order valence-corrected chi connectivity index (χ4v) is 2.35. The van der Waals surface area contributed by atoms with E-state index in [9.17, 15) is 0 Å². The van der Waals surface area contributed by atoms with Gasteiger partial charge in [-0.05, 0) is 25.8 Å². The normalized spacial score (nSPS) is 12.6. The number of aromatic nitrogens is 2. The third kappa shape index (κ3) is 3.44. The number of hydrogen-bond acceptors (Lipinski definition) is 2. The molecule has 0 saturated carbocycles. The monoisotopic (exact) mass is 257 g/mol. The van der Waals surface area contributed by atoms with Crippen molar-refractivity contribution in [2.75, 3.05) is 0 Å². The molecule has 102 valence electrons. The van der Waals surface area contributed by atoms with Crippen LogP contribution in [0.3, 0.4) is 0 Å². The molecule has 0 aliphatic heterocycles. The molecular formula is C16H23N3. The minimum atomic E-state index is 0.352. The van der Waals surface area contributed by atoms with Crippen molar-refractivity contribution >= 4 is 0 Å². The maximum Gasteiger partial charge on any atom is 0.0666 e. The largest absolute Gasteiger partial charge is 0.306 e. The van der Waals surface area contributed by atoms with Crippen molar-refractivity contribution in [3.63, 3.8) is 0 Å². The molecule has 3 heteroatoms. The molecule has 0 spiro atoms. The highest BCUT2D eigenvalue weighted by molar-refractivity contribution is 5.25. The Morgan fingerprint density at radius 2 is 2.16 bits per heavy atom. The van der Waals surface area contributed by atoms with E-state index in [4.69, 9.17) is 0 Å². The zero-order chi connectivity index (χ0) is 13.8. The van der Waals surface area contributed by atoms with Crippen molar-refractivity contribution in [2.24, 2.45) is 7.05 Å². The first-order chi connectivity index (χ1) is 9.10. The van der Waals surface area contributed by atoms with E-state index in [1.54, 1.807) is 0 Å². The van der Waals surface area contributed by atoms with Gasteiger partial charge in [0.25, 0.3) is 0 Å². The first-order valence-electron chi connectivity index (χ1n) is 6.91. The second kappa shape index (κ2) is 6.02. The molecule has 0 bridgehead atoms. The second-order valence-corrected chi connectivity index (χ2v) is 5.14. The van der Waals surface area contributed by atoms with Gasteiger partial charge in [-0.25, -0.2) is 0 Å². The maximum atomic E-state index is 4.47. The zero-order valence-corrected chi connectivity index (χ0v) is 12.3. The summed E-state index contributed by atoms with van der Waals surface area (Å²) in [6, 6.07) is 9.01. The summed E-state index contributed by atoms with van der Waals surface area (Å²) in [5, 5.41) is 8.05. The highest BCUT2D eigenvalue weighted by Gasteiger charge is 2.09. The number of aryl methyl sites for hydroxylation is 3. The van der Waals surface area contributed by atoms with Crippen molar-refractivity contribution in [3.8, 4) is 0 Å². The summed E-state index contributed by atoms with van der Waals surface area (Å²) in [7, 11) is 1.98. The number of hydrogen-bond donors (Lipinski definition) is 1. The predicted molar refractivity (Wildman–Crippen MR) is 79.0 cm³/mol. The van der Waals surface area contributed by atoms with Crippen LogP contribution in [0.5, 0.6) is 0 Å². The molecule has 0 aliphatic rings. The van der Waals surface area contributed by atoms with E-state index in [1.165, 1.54) is 22.4 Å². The quantitative estimate of drug-likeness (QED) is 0.891. The Morgan fingerprint density at radius 3 is 2.84 bits per heavy atom. The standard InChI is InChI=1S/C16H23N3/c1-5-16-15(11-19(4)18-16)10-17-13(3)14-8-6-7-12(2)9-14/h6-9,11,13,17H,5,10H2,1-4H3/t13-/m0/s1. The van der Waals surface area contributed by atoms with E-state index in [2.05, 4.69) is 61.6 Å². The Morgan fingerprint density at radius 1 is 1.37 bits per heavy atom. The van der Waals surface area contributed by atoms with Crippen LogP contribution < -0.4 is 5.32 Å². The fraction of sp³-hybridized carbons (Fsp3) is 0.438. The number of benzene rings is 1. The van der Waals surface area contributed by atoms with Gasteiger partial charge >= 0.3 is 0 Å². The molecule has 19 heavy (non-hydrogen) atoms. The Labute approximate surface area is 115 Å². The molecule has 0 radical (unpaired) electrons. The van der Waals surface area contributed by atoms with Crippen molar-refractivity contribution in [3.05, 3.63) is 52.8 Å². The third-order valence-electron chi connectivity index (χ3n) is 3.47. The molecule has 1 aromatic carbocycles. The SMILES string of the molecule is CCc1nn(C)cc1CN[C@@H](C)c1cccc(C)c1. The Kier molecular flexibility index (Phi) is 4.38. The van der Waals surface area contributed by atoms with Gasteiger partial charge in [0.05, 0.1) is 5.69 Å². The van der Waals surface area contributed by atoms with E-state index in [-0.39, 0.29) is 0 Å². The second-order valence-electron chi connectivity index (χ2n) is 5.14. The molecule has 0 amide bonds. The van der Waals surface area contributed by atoms with Crippen LogP contribution >= 0.6 is 0 Å². The lowest BCUT2D eigenvalue weighted by molar-refractivity contribution is 0.572. The van der Waals surface area contributed by atoms with Crippen molar-refractivity contribution in [1.29, 1.82) is 0 Å². The lowest BCUT2D eigenvalue weighted by Gasteiger charge is -2.14. The molecule has 3 nitrogen and oxygen atoms in total. The summed E-state index contributed by atoms with van der Waals surface area (Å²) in [6.07, 6.45) is 3.09. The van der Waals surface area contributed by atoms with Crippen LogP contribution in [0.1, 0.15) is 42.3 Å². The van der Waals surface area contributed by atoms with Crippen LogP contribution in [0.4, 0.5) is 0 Å². The Hall–Kier alpha value is -1.61. The van der Waals surface area contributed by atoms with Crippen molar-refractivity contribution < 1.29 is 0 Å². The topological polar surface area (TPSA) is 29.9 Å². The predicted octanol–water partition coefficient (Wildman–Crippen LogP) is 3.14. The number of nitrogens with zero attached hydrogens (tertiary/aromatic N) is 2. The van der Waals surface area contributed by atoms with Gasteiger partial charge < -0.3 is 5.32 Å². The molecule has 2 rings (SSSR count). The van der Waals surface area contributed by atoms with E-state index < -0.39 is 0 Å². The smallest absolute Gasteiger partial charge is 0.0666 e. The van der Waals surface area contributed by atoms with E-state index in [0.29, 0.717) is 6.04 Å². The molecule has 2 aromatic rings. The minimum absolute atomic E-state index is 0.352. The Bertz CT molecular complexity index is 543. The first-order valence-corrected chi connectivity index (χ1v) is 6.91. The summed E-state index contributed by atoms with van der Waals surface area (Å²) < 4.78 is 1.90. The van der Waals surface area contributed by atoms with Crippen LogP contribution in [0.2, 0.25) is 0 Å². The van der Waals surface area contributed by atoms with Gasteiger partial charge in [0.2, 0.25) is 0 Å². The summed E-state index contributed by atoms with van der Waals surface area (Å²) in [6.45, 7) is 7.35. The Balaban J connectivity index is 2.02. The van der Waals surface area contributed by atoms with Gasteiger partial charge in [-0.15, -0.1) is 0 Å². The van der Waals surface area contributed by atoms with Gasteiger partial charge in [0, 0.05) is 31.4 Å². The van der Waals surface area contributed by atoms with Gasteiger partial charge in [-0.2, -0.15) is 5.10 Å². The van der Waals surface area contributed by atoms with Crippen molar-refractivity contribution in [2.45, 2.75) is 39.8 Å². The molecule has 1 heterocycles. The van der Waals surface area contributed by atoms with Gasteiger partial charge in [-0.1, -0.05) is 36.8 Å². The molecule has 0 saturated heterocycles. The molecule has 1 N–H and O–H groups in total. The average Bonchev–Trinajstić information content (AvgIpc) is 2.76. The lowest BCUT2D eigenvalue weighted by atomic mass is 10.1. The van der Waals surface area contributed by atoms with E-state index >= 15 is 0 Å². The summed E-state index contributed by atoms with van der Waals surface area (Å²) in [5.41, 5.74) is 5.12. The highest BCUT2D eigenvalue weighted by atomic mass is 15.3. The first kappa shape index (κ1) is 13.8. The fourth-order valence-electron chi connectivity index (χ4n) is 2.35. The summed E-state index contributed by atoms with van der Waals surface area (Å²) in [4.78, 5) is 0. The maximum absolute atomic E-state index is 4.47. The van der Waals surface area contributed by atoms with E-state index in [1.807, 2.05) is 11.7 Å². The minimum Gasteiger partial charge on any atom is -0.306 e. The highest BCUT2D eigenvalue weighted by Crippen LogP contribution is 2.15. The average molecular weight is 257 g/mol. The van der Waals surface area contributed by atoms with Crippen LogP contribution in [0.25, 0.3) is 0 Å². The van der Waals surface area contributed by atoms with Crippen LogP contribution in [0, 0.1) is 6.92 Å². The van der Waals surface area contributed by atoms with Gasteiger partial charge in [0.15, 0.2) is 0 Å². The lowest BCUT2D eigenvalue weighted by Crippen LogP contribution is -2.18. The van der Waals surface area contributed by atoms with Crippen LogP contribution in [-0.2, 0) is 20.0 Å². The van der Waals surface area contributed by atoms with Gasteiger partial charge in [-0.3, -0.25) is 4.68 Å². The third-order valence-corrected chi connectivity index (χ3v) is 3.47. The zero-order valence-electron chi connectivity index (χ0n) is 12.3. The van der Waals surface area contributed by atoms with Crippen LogP contribution in [0.15, 0.2) is 30.5 Å².